The molecule has 0 unspecified atom stereocenters. The van der Waals surface area contributed by atoms with E-state index in [0.717, 1.165) is 6.29 Å². The number of para-hydroxylation sites is 1. The van der Waals surface area contributed by atoms with Crippen molar-refractivity contribution in [2.24, 2.45) is 0 Å². The second-order valence-electron chi connectivity index (χ2n) is 2.30. The molecule has 16 heavy (non-hydrogen) atoms. The van der Waals surface area contributed by atoms with Crippen LogP contribution in [0.1, 0.15) is 40.2 Å². The molecule has 0 saturated heterocycles. The smallest absolute Gasteiger partial charge is 0.116 e. The maximum Gasteiger partial charge on any atom is 0.116 e. The Morgan fingerprint density at radius 2 is 1.44 bits per heavy atom. The van der Waals surface area contributed by atoms with Crippen molar-refractivity contribution in [2.45, 2.75) is 41.5 Å². The molecule has 0 heterocycles. The third-order valence-electron chi connectivity index (χ3n) is 1.41. The van der Waals surface area contributed by atoms with E-state index in [0.29, 0.717) is 0 Å². The molecule has 0 fully saturated rings. The molecule has 2 heteroatoms. The Hall–Kier alpha value is -1.31. The summed E-state index contributed by atoms with van der Waals surface area (Å²) in [6.07, 6.45) is 0.750. The van der Waals surface area contributed by atoms with Gasteiger partial charge in [-0.25, -0.2) is 0 Å². The van der Waals surface area contributed by atoms with Gasteiger partial charge < -0.3 is 10.1 Å². The molecule has 0 bridgehead atoms. The van der Waals surface area contributed by atoms with Crippen LogP contribution in [0.2, 0.25) is 0 Å². The van der Waals surface area contributed by atoms with Gasteiger partial charge in [-0.3, -0.25) is 0 Å². The lowest BCUT2D eigenvalue weighted by Crippen LogP contribution is -1.89. The van der Waals surface area contributed by atoms with E-state index in [9.17, 15) is 0 Å². The molecule has 0 amide bonds. The summed E-state index contributed by atoms with van der Waals surface area (Å²) < 4.78 is 0. The van der Waals surface area contributed by atoms with E-state index in [1.165, 1.54) is 18.2 Å². The van der Waals surface area contributed by atoms with Crippen LogP contribution in [0.4, 0.5) is 5.69 Å². The van der Waals surface area contributed by atoms with Crippen molar-refractivity contribution in [1.82, 2.24) is 0 Å². The Morgan fingerprint density at radius 3 is 1.69 bits per heavy atom. The largest absolute Gasteiger partial charge is 0.388 e. The number of carbonyl (C=O) groups excluding carboxylic acids is 1. The summed E-state index contributed by atoms with van der Waals surface area (Å²) in [5, 5.41) is 3.10. The minimum absolute atomic E-state index is 0.750. The predicted octanol–water partition coefficient (Wildman–Crippen LogP) is 4.29. The van der Waals surface area contributed by atoms with E-state index < -0.39 is 0 Å². The Balaban J connectivity index is -0.000000206. The molecule has 0 aliphatic heterocycles. The van der Waals surface area contributed by atoms with Gasteiger partial charge in [0, 0.05) is 12.7 Å². The number of rotatable bonds is 1. The molecule has 1 aromatic carbocycles. The van der Waals surface area contributed by atoms with Crippen molar-refractivity contribution in [3.8, 4) is 0 Å². The van der Waals surface area contributed by atoms with Crippen LogP contribution in [0.5, 0.6) is 0 Å². The highest BCUT2D eigenvalue weighted by molar-refractivity contribution is 5.49. The Labute approximate surface area is 101 Å². The Morgan fingerprint density at radius 1 is 1.06 bits per heavy atom. The molecule has 0 spiro atoms. The normalized spacial score (nSPS) is 6.69. The van der Waals surface area contributed by atoms with E-state index in [2.05, 4.69) is 24.4 Å². The van der Waals surface area contributed by atoms with Crippen LogP contribution in [0.3, 0.4) is 0 Å². The molecule has 0 atom stereocenters. The molecule has 0 saturated carbocycles. The average Bonchev–Trinajstić information content (AvgIpc) is 2.36. The summed E-state index contributed by atoms with van der Waals surface area (Å²) in [5.74, 6) is 0. The lowest BCUT2D eigenvalue weighted by atomic mass is 10.2. The maximum absolute atomic E-state index is 8.81. The number of nitrogens with one attached hydrogen (secondary N) is 1. The van der Waals surface area contributed by atoms with E-state index in [4.69, 9.17) is 4.79 Å². The first-order chi connectivity index (χ1) is 7.76. The molecular weight excluding hydrogens is 198 g/mol. The number of hydrogen-bond acceptors (Lipinski definition) is 2. The summed E-state index contributed by atoms with van der Waals surface area (Å²) in [6, 6.07) is 8.22. The molecule has 94 valence electrons. The first-order valence-electron chi connectivity index (χ1n) is 5.89. The summed E-state index contributed by atoms with van der Waals surface area (Å²) >= 11 is 0. The van der Waals surface area contributed by atoms with Crippen LogP contribution >= 0.6 is 0 Å². The van der Waals surface area contributed by atoms with Gasteiger partial charge in [0.15, 0.2) is 0 Å². The molecule has 1 rings (SSSR count). The van der Waals surface area contributed by atoms with Crippen molar-refractivity contribution in [2.75, 3.05) is 12.4 Å². The lowest BCUT2D eigenvalue weighted by Gasteiger charge is -2.01. The fourth-order valence-corrected chi connectivity index (χ4v) is 0.853. The van der Waals surface area contributed by atoms with Gasteiger partial charge in [-0.15, -0.1) is 0 Å². The van der Waals surface area contributed by atoms with E-state index in [1.807, 2.05) is 46.9 Å². The number of benzene rings is 1. The summed E-state index contributed by atoms with van der Waals surface area (Å²) in [6.45, 7) is 11.5. The fraction of sp³-hybridized carbons (Fsp3) is 0.500. The van der Waals surface area contributed by atoms with Crippen molar-refractivity contribution < 1.29 is 4.79 Å². The molecule has 1 aromatic rings. The van der Waals surface area contributed by atoms with E-state index in [-0.39, 0.29) is 0 Å². The van der Waals surface area contributed by atoms with Gasteiger partial charge in [0.05, 0.1) is 0 Å². The zero-order valence-corrected chi connectivity index (χ0v) is 11.8. The monoisotopic (exact) mass is 225 g/mol. The Bertz CT molecular complexity index is 234. The second kappa shape index (κ2) is 19.3. The highest BCUT2D eigenvalue weighted by atomic mass is 16.1. The van der Waals surface area contributed by atoms with Gasteiger partial charge in [0.25, 0.3) is 0 Å². The molecule has 1 N–H and O–H groups in total. The molecule has 0 aliphatic rings. The molecule has 0 aromatic heterocycles. The van der Waals surface area contributed by atoms with Crippen LogP contribution in [0.25, 0.3) is 0 Å². The Kier molecular flexibility index (Phi) is 24.3. The van der Waals surface area contributed by atoms with Gasteiger partial charge in [0.2, 0.25) is 0 Å². The standard InChI is InChI=1S/C8H11N.C2H4O.2C2H6/c1-7-5-3-4-6-8(7)9-2;1-2-3;2*1-2/h3-6,9H,1-2H3;2H,1H3;2*1-2H3. The lowest BCUT2D eigenvalue weighted by molar-refractivity contribution is -0.106. The minimum Gasteiger partial charge on any atom is -0.388 e. The fourth-order valence-electron chi connectivity index (χ4n) is 0.853. The van der Waals surface area contributed by atoms with Crippen LogP contribution in [0, 0.1) is 6.92 Å². The van der Waals surface area contributed by atoms with Crippen molar-refractivity contribution in [1.29, 1.82) is 0 Å². The van der Waals surface area contributed by atoms with Crippen LogP contribution in [-0.4, -0.2) is 13.3 Å². The van der Waals surface area contributed by atoms with Gasteiger partial charge in [-0.05, 0) is 25.5 Å². The van der Waals surface area contributed by atoms with Gasteiger partial charge in [0.1, 0.15) is 6.29 Å². The zero-order chi connectivity index (χ0) is 13.4. The zero-order valence-electron chi connectivity index (χ0n) is 11.8. The molecular formula is C14H27NO. The topological polar surface area (TPSA) is 29.1 Å². The first kappa shape index (κ1) is 20.1. The highest BCUT2D eigenvalue weighted by Gasteiger charge is 1.88. The van der Waals surface area contributed by atoms with Gasteiger partial charge in [-0.2, -0.15) is 0 Å². The third-order valence-corrected chi connectivity index (χ3v) is 1.41. The van der Waals surface area contributed by atoms with Gasteiger partial charge in [-0.1, -0.05) is 45.9 Å². The highest BCUT2D eigenvalue weighted by Crippen LogP contribution is 2.10. The third kappa shape index (κ3) is 12.7. The number of aldehydes is 1. The van der Waals surface area contributed by atoms with Crippen molar-refractivity contribution in [3.63, 3.8) is 0 Å². The van der Waals surface area contributed by atoms with E-state index in [1.54, 1.807) is 0 Å². The van der Waals surface area contributed by atoms with Crippen LogP contribution < -0.4 is 5.32 Å². The molecule has 0 radical (unpaired) electrons. The number of carbonyl (C=O) groups is 1. The summed E-state index contributed by atoms with van der Waals surface area (Å²) in [4.78, 5) is 8.81. The number of aryl methyl sites for hydroxylation is 1. The van der Waals surface area contributed by atoms with Crippen LogP contribution in [-0.2, 0) is 4.79 Å². The molecule has 0 aliphatic carbocycles. The average molecular weight is 225 g/mol. The summed E-state index contributed by atoms with van der Waals surface area (Å²) in [7, 11) is 1.93. The second-order valence-corrected chi connectivity index (χ2v) is 2.30. The van der Waals surface area contributed by atoms with E-state index >= 15 is 0 Å². The van der Waals surface area contributed by atoms with Gasteiger partial charge >= 0.3 is 0 Å². The maximum atomic E-state index is 8.81. The minimum atomic E-state index is 0.750. The van der Waals surface area contributed by atoms with Crippen molar-refractivity contribution in [3.05, 3.63) is 29.8 Å². The van der Waals surface area contributed by atoms with Crippen LogP contribution in [0.15, 0.2) is 24.3 Å². The number of anilines is 1. The molecule has 2 nitrogen and oxygen atoms in total. The first-order valence-corrected chi connectivity index (χ1v) is 5.89. The number of hydrogen-bond donors (Lipinski definition) is 1. The SMILES string of the molecule is CC.CC.CC=O.CNc1ccccc1C. The summed E-state index contributed by atoms with van der Waals surface area (Å²) in [5.41, 5.74) is 2.50. The van der Waals surface area contributed by atoms with Crippen molar-refractivity contribution >= 4 is 12.0 Å². The quantitative estimate of drug-likeness (QED) is 0.722. The predicted molar refractivity (Wildman–Crippen MR) is 75.2 cm³/mol.